The first-order valence-corrected chi connectivity index (χ1v) is 9.48. The first-order chi connectivity index (χ1) is 13.0. The normalized spacial score (nSPS) is 18.3. The van der Waals surface area contributed by atoms with Gasteiger partial charge in [0, 0.05) is 36.4 Å². The van der Waals surface area contributed by atoms with E-state index in [4.69, 9.17) is 0 Å². The highest BCUT2D eigenvalue weighted by atomic mass is 16.2. The van der Waals surface area contributed by atoms with Gasteiger partial charge in [0.15, 0.2) is 0 Å². The number of amides is 1. The van der Waals surface area contributed by atoms with Gasteiger partial charge >= 0.3 is 0 Å². The zero-order valence-corrected chi connectivity index (χ0v) is 16.1. The number of piperazine rings is 1. The van der Waals surface area contributed by atoms with Crippen molar-refractivity contribution in [1.82, 2.24) is 9.88 Å². The number of para-hydroxylation sites is 1. The summed E-state index contributed by atoms with van der Waals surface area (Å²) in [6.07, 6.45) is 1.83. The average molecular weight is 359 g/mol. The number of hydrogen-bond donors (Lipinski definition) is 0. The van der Waals surface area contributed by atoms with Crippen LogP contribution < -0.4 is 4.90 Å². The van der Waals surface area contributed by atoms with E-state index in [-0.39, 0.29) is 11.9 Å². The minimum absolute atomic E-state index is 0.165. The number of carbonyl (C=O) groups is 1. The monoisotopic (exact) mass is 359 g/mol. The Morgan fingerprint density at radius 1 is 1.04 bits per heavy atom. The van der Waals surface area contributed by atoms with Gasteiger partial charge in [0.05, 0.1) is 12.1 Å². The van der Waals surface area contributed by atoms with Crippen LogP contribution in [-0.2, 0) is 11.3 Å². The van der Waals surface area contributed by atoms with Gasteiger partial charge < -0.3 is 4.90 Å². The molecule has 1 aliphatic heterocycles. The van der Waals surface area contributed by atoms with E-state index < -0.39 is 0 Å². The number of benzene rings is 2. The van der Waals surface area contributed by atoms with Crippen LogP contribution in [0.15, 0.2) is 54.7 Å². The van der Waals surface area contributed by atoms with Crippen molar-refractivity contribution in [3.8, 4) is 0 Å². The molecule has 1 atom stereocenters. The lowest BCUT2D eigenvalue weighted by molar-refractivity contribution is -0.122. The lowest BCUT2D eigenvalue weighted by Gasteiger charge is -2.40. The molecule has 0 N–H and O–H groups in total. The maximum absolute atomic E-state index is 12.9. The quantitative estimate of drug-likeness (QED) is 0.707. The zero-order chi connectivity index (χ0) is 19.0. The molecule has 1 fully saturated rings. The van der Waals surface area contributed by atoms with Gasteiger partial charge in [-0.1, -0.05) is 30.3 Å². The predicted octanol–water partition coefficient (Wildman–Crippen LogP) is 4.09. The third-order valence-corrected chi connectivity index (χ3v) is 5.61. The van der Waals surface area contributed by atoms with Crippen molar-refractivity contribution < 1.29 is 4.79 Å². The maximum atomic E-state index is 12.9. The Balaban J connectivity index is 1.60. The number of pyridine rings is 1. The Kier molecular flexibility index (Phi) is 4.66. The number of aromatic nitrogens is 1. The van der Waals surface area contributed by atoms with E-state index in [2.05, 4.69) is 54.9 Å². The summed E-state index contributed by atoms with van der Waals surface area (Å²) in [7, 11) is 0. The van der Waals surface area contributed by atoms with Crippen LogP contribution >= 0.6 is 0 Å². The molecular weight excluding hydrogens is 334 g/mol. The van der Waals surface area contributed by atoms with Gasteiger partial charge in [-0.05, 0) is 55.7 Å². The van der Waals surface area contributed by atoms with Crippen LogP contribution in [0.5, 0.6) is 0 Å². The molecule has 3 aromatic rings. The molecule has 27 heavy (non-hydrogen) atoms. The minimum Gasteiger partial charge on any atom is -0.309 e. The van der Waals surface area contributed by atoms with Crippen molar-refractivity contribution in [2.75, 3.05) is 18.0 Å². The molecule has 2 heterocycles. The molecule has 4 nitrogen and oxygen atoms in total. The molecule has 0 saturated carbocycles. The number of carbonyl (C=O) groups excluding carboxylic acids is 1. The molecule has 138 valence electrons. The topological polar surface area (TPSA) is 36.4 Å². The van der Waals surface area contributed by atoms with Crippen molar-refractivity contribution >= 4 is 22.5 Å². The minimum atomic E-state index is 0.165. The second-order valence-electron chi connectivity index (χ2n) is 7.48. The standard InChI is InChI=1S/C23H25N3O/c1-16-10-11-21-19(8-6-12-24-21)20(16)14-25-15-23(27)26(13-18(25)3)22-9-5-4-7-17(22)2/h4-12,18H,13-15H2,1-3H3. The van der Waals surface area contributed by atoms with Crippen LogP contribution in [0.3, 0.4) is 0 Å². The van der Waals surface area contributed by atoms with E-state index in [0.29, 0.717) is 13.1 Å². The third-order valence-electron chi connectivity index (χ3n) is 5.61. The van der Waals surface area contributed by atoms with Gasteiger partial charge in [0.2, 0.25) is 5.91 Å². The molecule has 0 spiro atoms. The SMILES string of the molecule is Cc1ccccc1N1CC(C)N(Cc2c(C)ccc3ncccc23)CC1=O. The summed E-state index contributed by atoms with van der Waals surface area (Å²) in [6.45, 7) is 8.32. The summed E-state index contributed by atoms with van der Waals surface area (Å²) in [5.74, 6) is 0.165. The second kappa shape index (κ2) is 7.12. The smallest absolute Gasteiger partial charge is 0.241 e. The fourth-order valence-corrected chi connectivity index (χ4v) is 3.94. The van der Waals surface area contributed by atoms with Gasteiger partial charge in [-0.15, -0.1) is 0 Å². The van der Waals surface area contributed by atoms with Crippen LogP contribution in [0.25, 0.3) is 10.9 Å². The Hall–Kier alpha value is -2.72. The highest BCUT2D eigenvalue weighted by Gasteiger charge is 2.31. The van der Waals surface area contributed by atoms with Gasteiger partial charge in [0.1, 0.15) is 0 Å². The number of aryl methyl sites for hydroxylation is 2. The van der Waals surface area contributed by atoms with E-state index in [0.717, 1.165) is 23.3 Å². The number of anilines is 1. The van der Waals surface area contributed by atoms with Gasteiger partial charge in [-0.25, -0.2) is 0 Å². The van der Waals surface area contributed by atoms with Crippen molar-refractivity contribution in [1.29, 1.82) is 0 Å². The Bertz CT molecular complexity index is 998. The summed E-state index contributed by atoms with van der Waals surface area (Å²) in [5.41, 5.74) is 5.69. The lowest BCUT2D eigenvalue weighted by Crippen LogP contribution is -2.55. The summed E-state index contributed by atoms with van der Waals surface area (Å²) < 4.78 is 0. The second-order valence-corrected chi connectivity index (χ2v) is 7.48. The fraction of sp³-hybridized carbons (Fsp3) is 0.304. The molecule has 4 heteroatoms. The Labute approximate surface area is 160 Å². The van der Waals surface area contributed by atoms with Crippen molar-refractivity contribution in [3.05, 3.63) is 71.4 Å². The molecule has 1 amide bonds. The van der Waals surface area contributed by atoms with Gasteiger partial charge in [-0.3, -0.25) is 14.7 Å². The van der Waals surface area contributed by atoms with E-state index in [9.17, 15) is 4.79 Å². The van der Waals surface area contributed by atoms with Crippen molar-refractivity contribution in [3.63, 3.8) is 0 Å². The fourth-order valence-electron chi connectivity index (χ4n) is 3.94. The highest BCUT2D eigenvalue weighted by molar-refractivity contribution is 5.96. The summed E-state index contributed by atoms with van der Waals surface area (Å²) in [6, 6.07) is 16.7. The molecule has 0 radical (unpaired) electrons. The average Bonchev–Trinajstić information content (AvgIpc) is 2.67. The summed E-state index contributed by atoms with van der Waals surface area (Å²) in [5, 5.41) is 1.18. The van der Waals surface area contributed by atoms with E-state index >= 15 is 0 Å². The van der Waals surface area contributed by atoms with E-state index in [1.165, 1.54) is 16.5 Å². The predicted molar refractivity (Wildman–Crippen MR) is 110 cm³/mol. The molecule has 2 aromatic carbocycles. The van der Waals surface area contributed by atoms with Crippen LogP contribution in [-0.4, -0.2) is 34.9 Å². The number of fused-ring (bicyclic) bond motifs is 1. The van der Waals surface area contributed by atoms with Gasteiger partial charge in [0.25, 0.3) is 0 Å². The van der Waals surface area contributed by atoms with Crippen LogP contribution in [0, 0.1) is 13.8 Å². The first kappa shape index (κ1) is 17.7. The number of nitrogens with zero attached hydrogens (tertiary/aromatic N) is 3. The molecule has 1 aromatic heterocycles. The molecule has 4 rings (SSSR count). The van der Waals surface area contributed by atoms with Crippen molar-refractivity contribution in [2.45, 2.75) is 33.4 Å². The first-order valence-electron chi connectivity index (χ1n) is 9.48. The Morgan fingerprint density at radius 3 is 2.67 bits per heavy atom. The largest absolute Gasteiger partial charge is 0.309 e. The molecule has 0 aliphatic carbocycles. The number of rotatable bonds is 3. The van der Waals surface area contributed by atoms with Crippen molar-refractivity contribution in [2.24, 2.45) is 0 Å². The maximum Gasteiger partial charge on any atom is 0.241 e. The van der Waals surface area contributed by atoms with Crippen LogP contribution in [0.1, 0.15) is 23.6 Å². The summed E-state index contributed by atoms with van der Waals surface area (Å²) >= 11 is 0. The lowest BCUT2D eigenvalue weighted by atomic mass is 10.0. The number of hydrogen-bond acceptors (Lipinski definition) is 3. The van der Waals surface area contributed by atoms with Gasteiger partial charge in [-0.2, -0.15) is 0 Å². The molecule has 1 aliphatic rings. The zero-order valence-electron chi connectivity index (χ0n) is 16.1. The molecule has 1 saturated heterocycles. The van der Waals surface area contributed by atoms with E-state index in [1.807, 2.05) is 35.4 Å². The molecular formula is C23H25N3O. The van der Waals surface area contributed by atoms with Crippen LogP contribution in [0.4, 0.5) is 5.69 Å². The molecule has 0 bridgehead atoms. The summed E-state index contributed by atoms with van der Waals surface area (Å²) in [4.78, 5) is 21.6. The third kappa shape index (κ3) is 3.33. The highest BCUT2D eigenvalue weighted by Crippen LogP contribution is 2.27. The van der Waals surface area contributed by atoms with Crippen LogP contribution in [0.2, 0.25) is 0 Å². The molecule has 1 unspecified atom stereocenters. The Morgan fingerprint density at radius 2 is 1.85 bits per heavy atom. The van der Waals surface area contributed by atoms with E-state index in [1.54, 1.807) is 0 Å².